The van der Waals surface area contributed by atoms with Crippen LogP contribution in [0.1, 0.15) is 12.5 Å². The van der Waals surface area contributed by atoms with E-state index in [2.05, 4.69) is 16.0 Å². The molecule has 2 aromatic rings. The molecule has 0 saturated carbocycles. The Balaban J connectivity index is 1.87. The summed E-state index contributed by atoms with van der Waals surface area (Å²) < 4.78 is 0. The van der Waals surface area contributed by atoms with Crippen LogP contribution in [-0.4, -0.2) is 23.5 Å². The van der Waals surface area contributed by atoms with Gasteiger partial charge in [-0.1, -0.05) is 12.1 Å². The molecule has 7 nitrogen and oxygen atoms in total. The third kappa shape index (κ3) is 6.55. The van der Waals surface area contributed by atoms with Gasteiger partial charge in [-0.25, -0.2) is 0 Å². The summed E-state index contributed by atoms with van der Waals surface area (Å²) in [6, 6.07) is 15.4. The molecule has 0 radical (unpaired) electrons. The van der Waals surface area contributed by atoms with Gasteiger partial charge < -0.3 is 21.1 Å². The smallest absolute Gasteiger partial charge is 0.263 e. The largest absolute Gasteiger partial charge is 0.508 e. The van der Waals surface area contributed by atoms with Crippen molar-refractivity contribution in [2.45, 2.75) is 13.3 Å². The molecule has 2 amide bonds. The maximum atomic E-state index is 12.1. The summed E-state index contributed by atoms with van der Waals surface area (Å²) in [6.45, 7) is 1.79. The second kappa shape index (κ2) is 9.63. The van der Waals surface area contributed by atoms with E-state index in [1.165, 1.54) is 13.1 Å². The van der Waals surface area contributed by atoms with Gasteiger partial charge >= 0.3 is 0 Å². The first-order valence-corrected chi connectivity index (χ1v) is 8.28. The van der Waals surface area contributed by atoms with Crippen LogP contribution in [0.15, 0.2) is 60.3 Å². The average molecular weight is 364 g/mol. The molecule has 7 heteroatoms. The molecule has 0 bridgehead atoms. The minimum absolute atomic E-state index is 0.0494. The van der Waals surface area contributed by atoms with Crippen LogP contribution in [0.3, 0.4) is 0 Å². The Morgan fingerprint density at radius 1 is 1.07 bits per heavy atom. The molecule has 0 unspecified atom stereocenters. The third-order valence-corrected chi connectivity index (χ3v) is 3.59. The van der Waals surface area contributed by atoms with Crippen molar-refractivity contribution in [1.29, 1.82) is 5.26 Å². The Labute approximate surface area is 157 Å². The molecule has 0 atom stereocenters. The fourth-order valence-electron chi connectivity index (χ4n) is 2.24. The Bertz CT molecular complexity index is 866. The maximum absolute atomic E-state index is 12.1. The Hall–Kier alpha value is -3.79. The molecule has 2 aromatic carbocycles. The van der Waals surface area contributed by atoms with Crippen molar-refractivity contribution in [3.05, 3.63) is 65.9 Å². The van der Waals surface area contributed by atoms with E-state index in [1.807, 2.05) is 6.07 Å². The summed E-state index contributed by atoms with van der Waals surface area (Å²) in [5.41, 5.74) is 2.25. The van der Waals surface area contributed by atoms with E-state index in [9.17, 15) is 20.0 Å². The summed E-state index contributed by atoms with van der Waals surface area (Å²) in [4.78, 5) is 23.1. The zero-order valence-electron chi connectivity index (χ0n) is 14.8. The summed E-state index contributed by atoms with van der Waals surface area (Å²) >= 11 is 0. The molecule has 27 heavy (non-hydrogen) atoms. The van der Waals surface area contributed by atoms with Crippen LogP contribution in [0.25, 0.3) is 0 Å². The fourth-order valence-corrected chi connectivity index (χ4v) is 2.24. The van der Waals surface area contributed by atoms with Gasteiger partial charge in [0.15, 0.2) is 0 Å². The van der Waals surface area contributed by atoms with Gasteiger partial charge in [0.2, 0.25) is 5.91 Å². The van der Waals surface area contributed by atoms with Crippen molar-refractivity contribution >= 4 is 23.2 Å². The number of phenols is 1. The number of hydrogen-bond donors (Lipinski definition) is 4. The molecule has 0 aromatic heterocycles. The standard InChI is InChI=1S/C20H20N4O3/c1-14(25)24-18-6-4-17(5-7-18)23-13-16(12-21)20(27)22-11-10-15-2-8-19(26)9-3-15/h2-9,13,23,26H,10-11H2,1H3,(H,22,27)(H,24,25)/b16-13-. The van der Waals surface area contributed by atoms with Crippen molar-refractivity contribution in [3.8, 4) is 11.8 Å². The van der Waals surface area contributed by atoms with Crippen LogP contribution >= 0.6 is 0 Å². The average Bonchev–Trinajstić information content (AvgIpc) is 2.65. The molecular formula is C20H20N4O3. The molecule has 0 aliphatic carbocycles. The van der Waals surface area contributed by atoms with Gasteiger partial charge in [-0.05, 0) is 48.4 Å². The van der Waals surface area contributed by atoms with Gasteiger partial charge in [0, 0.05) is 31.0 Å². The Morgan fingerprint density at radius 3 is 2.30 bits per heavy atom. The van der Waals surface area contributed by atoms with Crippen molar-refractivity contribution in [2.75, 3.05) is 17.2 Å². The van der Waals surface area contributed by atoms with Gasteiger partial charge in [-0.3, -0.25) is 9.59 Å². The lowest BCUT2D eigenvalue weighted by molar-refractivity contribution is -0.117. The fraction of sp³-hybridized carbons (Fsp3) is 0.150. The number of benzene rings is 2. The van der Waals surface area contributed by atoms with E-state index in [1.54, 1.807) is 48.5 Å². The highest BCUT2D eigenvalue weighted by Crippen LogP contribution is 2.14. The maximum Gasteiger partial charge on any atom is 0.263 e. The van der Waals surface area contributed by atoms with E-state index >= 15 is 0 Å². The number of amides is 2. The van der Waals surface area contributed by atoms with Gasteiger partial charge in [-0.2, -0.15) is 5.26 Å². The summed E-state index contributed by atoms with van der Waals surface area (Å²) in [5.74, 6) is -0.446. The number of nitrogens with zero attached hydrogens (tertiary/aromatic N) is 1. The van der Waals surface area contributed by atoms with Crippen molar-refractivity contribution in [3.63, 3.8) is 0 Å². The molecule has 0 aliphatic heterocycles. The van der Waals surface area contributed by atoms with Crippen LogP contribution < -0.4 is 16.0 Å². The minimum Gasteiger partial charge on any atom is -0.508 e. The van der Waals surface area contributed by atoms with Gasteiger partial charge in [0.25, 0.3) is 5.91 Å². The first-order chi connectivity index (χ1) is 13.0. The monoisotopic (exact) mass is 364 g/mol. The first kappa shape index (κ1) is 19.5. The molecular weight excluding hydrogens is 344 g/mol. The van der Waals surface area contributed by atoms with Crippen molar-refractivity contribution in [1.82, 2.24) is 5.32 Å². The number of anilines is 2. The van der Waals surface area contributed by atoms with Crippen LogP contribution in [0.5, 0.6) is 5.75 Å². The third-order valence-electron chi connectivity index (χ3n) is 3.59. The predicted molar refractivity (Wildman–Crippen MR) is 103 cm³/mol. The molecule has 2 rings (SSSR count). The number of rotatable bonds is 7. The summed E-state index contributed by atoms with van der Waals surface area (Å²) in [7, 11) is 0. The molecule has 0 aliphatic rings. The molecule has 0 spiro atoms. The summed E-state index contributed by atoms with van der Waals surface area (Å²) in [5, 5.41) is 26.6. The topological polar surface area (TPSA) is 114 Å². The Morgan fingerprint density at radius 2 is 1.70 bits per heavy atom. The lowest BCUT2D eigenvalue weighted by Crippen LogP contribution is -2.27. The second-order valence-electron chi connectivity index (χ2n) is 5.75. The van der Waals surface area contributed by atoms with Crippen LogP contribution in [0.2, 0.25) is 0 Å². The van der Waals surface area contributed by atoms with Gasteiger partial charge in [0.1, 0.15) is 17.4 Å². The van der Waals surface area contributed by atoms with E-state index < -0.39 is 5.91 Å². The number of nitriles is 1. The molecule has 0 fully saturated rings. The van der Waals surface area contributed by atoms with E-state index in [0.29, 0.717) is 24.3 Å². The number of carbonyl (C=O) groups is 2. The lowest BCUT2D eigenvalue weighted by atomic mass is 10.1. The summed E-state index contributed by atoms with van der Waals surface area (Å²) in [6.07, 6.45) is 1.92. The van der Waals surface area contributed by atoms with Gasteiger partial charge in [-0.15, -0.1) is 0 Å². The SMILES string of the molecule is CC(=O)Nc1ccc(N/C=C(/C#N)C(=O)NCCc2ccc(O)cc2)cc1. The van der Waals surface area contributed by atoms with Crippen LogP contribution in [0.4, 0.5) is 11.4 Å². The predicted octanol–water partition coefficient (Wildman–Crippen LogP) is 2.53. The second-order valence-corrected chi connectivity index (χ2v) is 5.75. The van der Waals surface area contributed by atoms with Gasteiger partial charge in [0.05, 0.1) is 0 Å². The zero-order chi connectivity index (χ0) is 19.6. The highest BCUT2D eigenvalue weighted by molar-refractivity contribution is 5.97. The Kier molecular flexibility index (Phi) is 6.97. The highest BCUT2D eigenvalue weighted by Gasteiger charge is 2.08. The van der Waals surface area contributed by atoms with Crippen LogP contribution in [-0.2, 0) is 16.0 Å². The number of aromatic hydroxyl groups is 1. The quantitative estimate of drug-likeness (QED) is 0.445. The highest BCUT2D eigenvalue weighted by atomic mass is 16.3. The normalized spacial score (nSPS) is 10.6. The number of hydrogen-bond acceptors (Lipinski definition) is 5. The van der Waals surface area contributed by atoms with Crippen molar-refractivity contribution in [2.24, 2.45) is 0 Å². The van der Waals surface area contributed by atoms with Crippen LogP contribution in [0, 0.1) is 11.3 Å². The lowest BCUT2D eigenvalue weighted by Gasteiger charge is -2.07. The number of carbonyl (C=O) groups excluding carboxylic acids is 2. The van der Waals surface area contributed by atoms with Crippen molar-refractivity contribution < 1.29 is 14.7 Å². The van der Waals surface area contributed by atoms with E-state index in [0.717, 1.165) is 5.56 Å². The minimum atomic E-state index is -0.473. The van der Waals surface area contributed by atoms with E-state index in [4.69, 9.17) is 0 Å². The zero-order valence-corrected chi connectivity index (χ0v) is 14.8. The molecule has 138 valence electrons. The number of phenolic OH excluding ortho intramolecular Hbond substituents is 1. The van der Waals surface area contributed by atoms with E-state index in [-0.39, 0.29) is 17.2 Å². The molecule has 4 N–H and O–H groups in total. The number of nitrogens with one attached hydrogen (secondary N) is 3. The molecule has 0 saturated heterocycles. The molecule has 0 heterocycles. The first-order valence-electron chi connectivity index (χ1n) is 8.28.